The molecule has 36 heavy (non-hydrogen) atoms. The number of nitrogens with zero attached hydrogens (tertiary/aromatic N) is 1. The lowest BCUT2D eigenvalue weighted by Crippen LogP contribution is -2.53. The fourth-order valence-corrected chi connectivity index (χ4v) is 3.95. The number of carbonyl (C=O) groups excluding carboxylic acids is 2. The van der Waals surface area contributed by atoms with E-state index in [1.807, 2.05) is 68.4 Å². The second kappa shape index (κ2) is 13.7. The van der Waals surface area contributed by atoms with Gasteiger partial charge in [0.2, 0.25) is 5.91 Å². The zero-order valence-electron chi connectivity index (χ0n) is 20.9. The number of amides is 2. The minimum Gasteiger partial charge on any atom is -0.497 e. The summed E-state index contributed by atoms with van der Waals surface area (Å²) in [6.07, 6.45) is 1.19. The molecular weight excluding hydrogens is 520 g/mol. The van der Waals surface area contributed by atoms with Gasteiger partial charge < -0.3 is 19.7 Å². The van der Waals surface area contributed by atoms with Gasteiger partial charge in [0.1, 0.15) is 17.5 Å². The van der Waals surface area contributed by atoms with E-state index in [0.717, 1.165) is 22.0 Å². The van der Waals surface area contributed by atoms with Gasteiger partial charge in [0.25, 0.3) is 5.91 Å². The van der Waals surface area contributed by atoms with Crippen LogP contribution in [-0.4, -0.2) is 42.5 Å². The molecule has 190 valence electrons. The van der Waals surface area contributed by atoms with Crippen LogP contribution in [0.2, 0.25) is 0 Å². The van der Waals surface area contributed by atoms with E-state index in [0.29, 0.717) is 17.9 Å². The van der Waals surface area contributed by atoms with Crippen LogP contribution >= 0.6 is 15.9 Å². The van der Waals surface area contributed by atoms with Gasteiger partial charge in [0.15, 0.2) is 6.61 Å². The quantitative estimate of drug-likeness (QED) is 0.327. The van der Waals surface area contributed by atoms with Crippen LogP contribution in [0.25, 0.3) is 0 Å². The first-order valence-corrected chi connectivity index (χ1v) is 12.8. The Bertz CT molecular complexity index is 1100. The molecule has 0 aromatic heterocycles. The molecule has 0 heterocycles. The minimum atomic E-state index is -0.697. The Morgan fingerprint density at radius 1 is 0.917 bits per heavy atom. The minimum absolute atomic E-state index is 0.00375. The number of rotatable bonds is 12. The van der Waals surface area contributed by atoms with Gasteiger partial charge in [-0.1, -0.05) is 65.3 Å². The molecule has 0 unspecified atom stereocenters. The molecule has 0 aliphatic carbocycles. The van der Waals surface area contributed by atoms with Gasteiger partial charge in [0.05, 0.1) is 7.11 Å². The maximum Gasteiger partial charge on any atom is 0.261 e. The van der Waals surface area contributed by atoms with E-state index >= 15 is 0 Å². The zero-order valence-corrected chi connectivity index (χ0v) is 22.5. The van der Waals surface area contributed by atoms with Crippen LogP contribution in [0, 0.1) is 0 Å². The number of hydrogen-bond donors (Lipinski definition) is 1. The van der Waals surface area contributed by atoms with Crippen molar-refractivity contribution in [1.82, 2.24) is 10.2 Å². The van der Waals surface area contributed by atoms with Gasteiger partial charge >= 0.3 is 0 Å². The number of nitrogens with one attached hydrogen (secondary N) is 1. The predicted octanol–water partition coefficient (Wildman–Crippen LogP) is 5.39. The molecule has 0 radical (unpaired) electrons. The summed E-state index contributed by atoms with van der Waals surface area (Å²) in [4.78, 5) is 28.7. The fourth-order valence-electron chi connectivity index (χ4n) is 3.68. The van der Waals surface area contributed by atoms with Crippen LogP contribution in [0.3, 0.4) is 0 Å². The van der Waals surface area contributed by atoms with Crippen molar-refractivity contribution in [2.24, 2.45) is 0 Å². The first-order valence-electron chi connectivity index (χ1n) is 12.0. The molecule has 3 aromatic rings. The summed E-state index contributed by atoms with van der Waals surface area (Å²) in [6.45, 7) is 4.07. The predicted molar refractivity (Wildman–Crippen MR) is 145 cm³/mol. The van der Waals surface area contributed by atoms with Crippen molar-refractivity contribution in [3.05, 3.63) is 94.5 Å². The molecule has 3 aromatic carbocycles. The molecular formula is C29H33BrN2O4. The number of methoxy groups -OCH3 is 1. The molecule has 0 aliphatic rings. The average molecular weight is 553 g/mol. The Morgan fingerprint density at radius 2 is 1.56 bits per heavy atom. The second-order valence-corrected chi connectivity index (χ2v) is 9.55. The highest BCUT2D eigenvalue weighted by Gasteiger charge is 2.31. The Kier molecular flexibility index (Phi) is 10.4. The number of halogens is 1. The van der Waals surface area contributed by atoms with E-state index in [1.165, 1.54) is 0 Å². The number of ether oxygens (including phenoxy) is 2. The summed E-state index contributed by atoms with van der Waals surface area (Å²) in [5.74, 6) is 0.809. The van der Waals surface area contributed by atoms with Crippen LogP contribution in [-0.2, 0) is 22.6 Å². The van der Waals surface area contributed by atoms with Crippen LogP contribution in [0.1, 0.15) is 31.4 Å². The first kappa shape index (κ1) is 27.3. The van der Waals surface area contributed by atoms with Crippen molar-refractivity contribution in [2.45, 2.75) is 45.3 Å². The first-order chi connectivity index (χ1) is 17.4. The molecule has 3 rings (SSSR count). The summed E-state index contributed by atoms with van der Waals surface area (Å²) >= 11 is 3.46. The molecule has 2 amide bonds. The zero-order chi connectivity index (χ0) is 25.9. The van der Waals surface area contributed by atoms with Gasteiger partial charge in [-0.3, -0.25) is 9.59 Å². The third kappa shape index (κ3) is 8.12. The SMILES string of the molecule is CC[C@H](C)NC(=O)[C@@H](Cc1ccccc1)N(Cc1ccc(Br)cc1)C(=O)COc1ccc(OC)cc1. The maximum absolute atomic E-state index is 13.6. The summed E-state index contributed by atoms with van der Waals surface area (Å²) in [6, 6.07) is 23.9. The second-order valence-electron chi connectivity index (χ2n) is 8.64. The van der Waals surface area contributed by atoms with E-state index in [4.69, 9.17) is 9.47 Å². The van der Waals surface area contributed by atoms with E-state index in [1.54, 1.807) is 36.3 Å². The van der Waals surface area contributed by atoms with E-state index in [9.17, 15) is 9.59 Å². The van der Waals surface area contributed by atoms with Gasteiger partial charge in [-0.2, -0.15) is 0 Å². The molecule has 6 nitrogen and oxygen atoms in total. The summed E-state index contributed by atoms with van der Waals surface area (Å²) in [5, 5.41) is 3.07. The third-order valence-corrected chi connectivity index (χ3v) is 6.49. The topological polar surface area (TPSA) is 67.9 Å². The lowest BCUT2D eigenvalue weighted by molar-refractivity contribution is -0.143. The van der Waals surface area contributed by atoms with E-state index < -0.39 is 6.04 Å². The lowest BCUT2D eigenvalue weighted by atomic mass is 10.0. The molecule has 7 heteroatoms. The lowest BCUT2D eigenvalue weighted by Gasteiger charge is -2.32. The Morgan fingerprint density at radius 3 is 2.17 bits per heavy atom. The highest BCUT2D eigenvalue weighted by atomic mass is 79.9. The van der Waals surface area contributed by atoms with Crippen molar-refractivity contribution < 1.29 is 19.1 Å². The molecule has 2 atom stereocenters. The van der Waals surface area contributed by atoms with Crippen molar-refractivity contribution in [2.75, 3.05) is 13.7 Å². The van der Waals surface area contributed by atoms with Gasteiger partial charge in [0, 0.05) is 23.5 Å². The average Bonchev–Trinajstić information content (AvgIpc) is 2.91. The Balaban J connectivity index is 1.88. The number of carbonyl (C=O) groups is 2. The summed E-state index contributed by atoms with van der Waals surface area (Å²) < 4.78 is 11.9. The third-order valence-electron chi connectivity index (χ3n) is 5.96. The largest absolute Gasteiger partial charge is 0.497 e. The smallest absolute Gasteiger partial charge is 0.261 e. The standard InChI is InChI=1S/C29H33BrN2O4/c1-4-21(2)31-29(34)27(18-22-8-6-5-7-9-22)32(19-23-10-12-24(30)13-11-23)28(33)20-36-26-16-14-25(35-3)15-17-26/h5-17,21,27H,4,18-20H2,1-3H3,(H,31,34)/t21-,27+/m0/s1. The van der Waals surface area contributed by atoms with Crippen molar-refractivity contribution in [3.8, 4) is 11.5 Å². The van der Waals surface area contributed by atoms with Crippen molar-refractivity contribution in [1.29, 1.82) is 0 Å². The highest BCUT2D eigenvalue weighted by Crippen LogP contribution is 2.20. The van der Waals surface area contributed by atoms with Gasteiger partial charge in [-0.05, 0) is 60.9 Å². The monoisotopic (exact) mass is 552 g/mol. The highest BCUT2D eigenvalue weighted by molar-refractivity contribution is 9.10. The van der Waals surface area contributed by atoms with Gasteiger partial charge in [-0.25, -0.2) is 0 Å². The van der Waals surface area contributed by atoms with Gasteiger partial charge in [-0.15, -0.1) is 0 Å². The molecule has 0 saturated carbocycles. The Hall–Kier alpha value is -3.32. The van der Waals surface area contributed by atoms with E-state index in [-0.39, 0.29) is 31.0 Å². The molecule has 1 N–H and O–H groups in total. The van der Waals surface area contributed by atoms with Crippen molar-refractivity contribution >= 4 is 27.7 Å². The van der Waals surface area contributed by atoms with E-state index in [2.05, 4.69) is 21.2 Å². The van der Waals surface area contributed by atoms with Crippen LogP contribution < -0.4 is 14.8 Å². The van der Waals surface area contributed by atoms with Crippen LogP contribution in [0.5, 0.6) is 11.5 Å². The molecule has 0 fully saturated rings. The molecule has 0 saturated heterocycles. The summed E-state index contributed by atoms with van der Waals surface area (Å²) in [5.41, 5.74) is 1.90. The van der Waals surface area contributed by atoms with Crippen LogP contribution in [0.4, 0.5) is 0 Å². The molecule has 0 bridgehead atoms. The Labute approximate surface area is 221 Å². The molecule has 0 aliphatic heterocycles. The maximum atomic E-state index is 13.6. The number of benzene rings is 3. The number of hydrogen-bond acceptors (Lipinski definition) is 4. The summed E-state index contributed by atoms with van der Waals surface area (Å²) in [7, 11) is 1.59. The fraction of sp³-hybridized carbons (Fsp3) is 0.310. The van der Waals surface area contributed by atoms with Crippen LogP contribution in [0.15, 0.2) is 83.3 Å². The molecule has 0 spiro atoms. The van der Waals surface area contributed by atoms with Crippen molar-refractivity contribution in [3.63, 3.8) is 0 Å². The normalized spacial score (nSPS) is 12.3.